The van der Waals surface area contributed by atoms with Crippen molar-refractivity contribution in [3.63, 3.8) is 0 Å². The van der Waals surface area contributed by atoms with Crippen LogP contribution in [0.4, 0.5) is 4.39 Å². The highest BCUT2D eigenvalue weighted by molar-refractivity contribution is 5.97. The van der Waals surface area contributed by atoms with E-state index in [1.54, 1.807) is 6.07 Å². The summed E-state index contributed by atoms with van der Waals surface area (Å²) in [4.78, 5) is 17.2. The smallest absolute Gasteiger partial charge is 0.246 e. The highest BCUT2D eigenvalue weighted by Gasteiger charge is 2.28. The van der Waals surface area contributed by atoms with Crippen LogP contribution in [0.15, 0.2) is 49.1 Å². The van der Waals surface area contributed by atoms with Crippen molar-refractivity contribution >= 4 is 16.8 Å². The zero-order valence-electron chi connectivity index (χ0n) is 15.0. The molecular weight excluding hydrogens is 327 g/mol. The van der Waals surface area contributed by atoms with E-state index in [1.165, 1.54) is 12.1 Å². The van der Waals surface area contributed by atoms with E-state index in [4.69, 9.17) is 0 Å². The van der Waals surface area contributed by atoms with E-state index in [2.05, 4.69) is 11.6 Å². The van der Waals surface area contributed by atoms with Gasteiger partial charge in [0.25, 0.3) is 0 Å². The lowest BCUT2D eigenvalue weighted by molar-refractivity contribution is -0.128. The molecule has 0 radical (unpaired) electrons. The Morgan fingerprint density at radius 2 is 2.15 bits per heavy atom. The third-order valence-electron chi connectivity index (χ3n) is 5.35. The largest absolute Gasteiger partial charge is 0.359 e. The lowest BCUT2D eigenvalue weighted by atomic mass is 9.86. The molecule has 1 amide bonds. The number of aromatic nitrogens is 1. The number of benzene rings is 2. The zero-order chi connectivity index (χ0) is 18.4. The molecule has 1 aromatic heterocycles. The second-order valence-electron chi connectivity index (χ2n) is 6.87. The van der Waals surface area contributed by atoms with Gasteiger partial charge in [-0.3, -0.25) is 4.79 Å². The molecule has 2 heterocycles. The van der Waals surface area contributed by atoms with E-state index in [-0.39, 0.29) is 17.8 Å². The van der Waals surface area contributed by atoms with Gasteiger partial charge in [-0.2, -0.15) is 0 Å². The zero-order valence-corrected chi connectivity index (χ0v) is 15.0. The second kappa shape index (κ2) is 6.13. The van der Waals surface area contributed by atoms with E-state index in [0.29, 0.717) is 18.5 Å². The first-order valence-electron chi connectivity index (χ1n) is 8.84. The monoisotopic (exact) mass is 348 g/mol. The fourth-order valence-corrected chi connectivity index (χ4v) is 4.11. The van der Waals surface area contributed by atoms with Crippen LogP contribution < -0.4 is 0 Å². The van der Waals surface area contributed by atoms with E-state index < -0.39 is 0 Å². The van der Waals surface area contributed by atoms with Crippen molar-refractivity contribution in [1.29, 1.82) is 0 Å². The SMILES string of the molecule is C=CC(=O)N1CCc2c(-c3c(F)ccc4[nH]c(C)cc34)cccc2C1C. The van der Waals surface area contributed by atoms with Crippen molar-refractivity contribution in [3.8, 4) is 11.1 Å². The van der Waals surface area contributed by atoms with Crippen molar-refractivity contribution in [3.05, 3.63) is 71.7 Å². The van der Waals surface area contributed by atoms with Gasteiger partial charge in [-0.05, 0) is 61.2 Å². The van der Waals surface area contributed by atoms with Crippen molar-refractivity contribution < 1.29 is 9.18 Å². The van der Waals surface area contributed by atoms with Crippen molar-refractivity contribution in [2.45, 2.75) is 26.3 Å². The van der Waals surface area contributed by atoms with E-state index in [0.717, 1.165) is 33.3 Å². The fraction of sp³-hybridized carbons (Fsp3) is 0.227. The number of fused-ring (bicyclic) bond motifs is 2. The Bertz CT molecular complexity index is 1030. The van der Waals surface area contributed by atoms with Gasteiger partial charge in [0.1, 0.15) is 5.82 Å². The van der Waals surface area contributed by atoms with Crippen LogP contribution in [0.25, 0.3) is 22.0 Å². The Hall–Kier alpha value is -2.88. The van der Waals surface area contributed by atoms with Crippen molar-refractivity contribution in [2.24, 2.45) is 0 Å². The standard InChI is InChI=1S/C22H21FN2O/c1-4-21(26)25-11-10-16-15(14(25)3)6-5-7-17(16)22-18-12-13(2)24-20(18)9-8-19(22)23/h4-9,12,14,24H,1,10-11H2,2-3H3. The molecule has 26 heavy (non-hydrogen) atoms. The number of hydrogen-bond donors (Lipinski definition) is 1. The number of amides is 1. The maximum Gasteiger partial charge on any atom is 0.246 e. The minimum atomic E-state index is -0.220. The molecule has 3 nitrogen and oxygen atoms in total. The molecule has 4 heteroatoms. The number of carbonyl (C=O) groups excluding carboxylic acids is 1. The number of hydrogen-bond acceptors (Lipinski definition) is 1. The number of nitrogens with zero attached hydrogens (tertiary/aromatic N) is 1. The molecule has 132 valence electrons. The first kappa shape index (κ1) is 16.6. The maximum atomic E-state index is 14.8. The summed E-state index contributed by atoms with van der Waals surface area (Å²) in [6.45, 7) is 8.20. The Kier molecular flexibility index (Phi) is 3.91. The average molecular weight is 348 g/mol. The highest BCUT2D eigenvalue weighted by atomic mass is 19.1. The quantitative estimate of drug-likeness (QED) is 0.656. The van der Waals surface area contributed by atoms with Crippen LogP contribution in [0.2, 0.25) is 0 Å². The minimum Gasteiger partial charge on any atom is -0.359 e. The first-order chi connectivity index (χ1) is 12.5. The molecule has 1 unspecified atom stereocenters. The summed E-state index contributed by atoms with van der Waals surface area (Å²) in [5.74, 6) is -0.287. The Labute approximate surface area is 152 Å². The molecule has 3 aromatic rings. The molecular formula is C22H21FN2O. The van der Waals surface area contributed by atoms with Gasteiger partial charge in [-0.1, -0.05) is 24.8 Å². The van der Waals surface area contributed by atoms with Gasteiger partial charge in [-0.15, -0.1) is 0 Å². The van der Waals surface area contributed by atoms with Crippen LogP contribution in [-0.2, 0) is 11.2 Å². The number of nitrogens with one attached hydrogen (secondary N) is 1. The van der Waals surface area contributed by atoms with Crippen LogP contribution in [-0.4, -0.2) is 22.3 Å². The summed E-state index contributed by atoms with van der Waals surface area (Å²) in [6, 6.07) is 11.2. The molecule has 2 aromatic carbocycles. The van der Waals surface area contributed by atoms with E-state index in [9.17, 15) is 9.18 Å². The predicted octanol–water partition coefficient (Wildman–Crippen LogP) is 4.91. The van der Waals surface area contributed by atoms with Crippen LogP contribution in [0.3, 0.4) is 0 Å². The minimum absolute atomic E-state index is 0.0561. The molecule has 1 aliphatic heterocycles. The number of aromatic amines is 1. The summed E-state index contributed by atoms with van der Waals surface area (Å²) in [5, 5.41) is 0.896. The Morgan fingerprint density at radius 1 is 1.35 bits per heavy atom. The predicted molar refractivity (Wildman–Crippen MR) is 102 cm³/mol. The average Bonchev–Trinajstić information content (AvgIpc) is 3.01. The van der Waals surface area contributed by atoms with Gasteiger partial charge < -0.3 is 9.88 Å². The summed E-state index contributed by atoms with van der Waals surface area (Å²) >= 11 is 0. The number of halogens is 1. The highest BCUT2D eigenvalue weighted by Crippen LogP contribution is 2.39. The lowest BCUT2D eigenvalue weighted by Gasteiger charge is -2.35. The summed E-state index contributed by atoms with van der Waals surface area (Å²) in [6.07, 6.45) is 2.06. The third-order valence-corrected chi connectivity index (χ3v) is 5.35. The molecule has 0 bridgehead atoms. The van der Waals surface area contributed by atoms with Gasteiger partial charge in [0, 0.05) is 28.7 Å². The molecule has 4 rings (SSSR count). The van der Waals surface area contributed by atoms with Crippen LogP contribution in [0, 0.1) is 12.7 Å². The maximum absolute atomic E-state index is 14.8. The van der Waals surface area contributed by atoms with Gasteiger partial charge in [0.2, 0.25) is 5.91 Å². The number of carbonyl (C=O) groups is 1. The molecule has 1 atom stereocenters. The van der Waals surface area contributed by atoms with Crippen molar-refractivity contribution in [2.75, 3.05) is 6.54 Å². The van der Waals surface area contributed by atoms with E-state index in [1.807, 2.05) is 43.0 Å². The molecule has 0 saturated carbocycles. The molecule has 1 N–H and O–H groups in total. The second-order valence-corrected chi connectivity index (χ2v) is 6.87. The molecule has 0 aliphatic carbocycles. The van der Waals surface area contributed by atoms with Crippen molar-refractivity contribution in [1.82, 2.24) is 9.88 Å². The van der Waals surface area contributed by atoms with Crippen LogP contribution >= 0.6 is 0 Å². The fourth-order valence-electron chi connectivity index (χ4n) is 4.11. The topological polar surface area (TPSA) is 36.1 Å². The number of aryl methyl sites for hydroxylation is 1. The molecule has 1 aliphatic rings. The summed E-state index contributed by atoms with van der Waals surface area (Å²) < 4.78 is 14.8. The summed E-state index contributed by atoms with van der Waals surface area (Å²) in [5.41, 5.74) is 5.70. The van der Waals surface area contributed by atoms with Crippen LogP contribution in [0.5, 0.6) is 0 Å². The third kappa shape index (κ3) is 2.45. The Balaban J connectivity index is 1.92. The van der Waals surface area contributed by atoms with Crippen LogP contribution in [0.1, 0.15) is 29.8 Å². The molecule has 0 fully saturated rings. The van der Waals surface area contributed by atoms with Gasteiger partial charge >= 0.3 is 0 Å². The first-order valence-corrected chi connectivity index (χ1v) is 8.84. The molecule has 0 spiro atoms. The number of rotatable bonds is 2. The normalized spacial score (nSPS) is 16.6. The molecule has 0 saturated heterocycles. The van der Waals surface area contributed by atoms with E-state index >= 15 is 0 Å². The van der Waals surface area contributed by atoms with Gasteiger partial charge in [-0.25, -0.2) is 4.39 Å². The number of H-pyrrole nitrogens is 1. The van der Waals surface area contributed by atoms with Gasteiger partial charge in [0.05, 0.1) is 6.04 Å². The lowest BCUT2D eigenvalue weighted by Crippen LogP contribution is -2.38. The van der Waals surface area contributed by atoms with Gasteiger partial charge in [0.15, 0.2) is 0 Å². The summed E-state index contributed by atoms with van der Waals surface area (Å²) in [7, 11) is 0. The Morgan fingerprint density at radius 3 is 2.92 bits per heavy atom.